The molecule has 2 aromatic carbocycles. The van der Waals surface area contributed by atoms with Crippen molar-refractivity contribution < 1.29 is 14.0 Å². The van der Waals surface area contributed by atoms with Gasteiger partial charge in [0, 0.05) is 11.1 Å². The summed E-state index contributed by atoms with van der Waals surface area (Å²) in [6.45, 7) is 1.94. The fourth-order valence-electron chi connectivity index (χ4n) is 2.58. The van der Waals surface area contributed by atoms with Gasteiger partial charge in [-0.2, -0.15) is 0 Å². The van der Waals surface area contributed by atoms with Gasteiger partial charge in [-0.15, -0.1) is 11.3 Å². The molecule has 0 saturated carbocycles. The van der Waals surface area contributed by atoms with Gasteiger partial charge in [-0.05, 0) is 36.8 Å². The van der Waals surface area contributed by atoms with E-state index in [0.29, 0.717) is 11.4 Å². The fraction of sp³-hybridized carbons (Fsp3) is 0.190. The van der Waals surface area contributed by atoms with Crippen LogP contribution in [0.25, 0.3) is 0 Å². The number of rotatable bonds is 8. The van der Waals surface area contributed by atoms with Gasteiger partial charge in [-0.3, -0.25) is 9.59 Å². The third-order valence-corrected chi connectivity index (χ3v) is 6.07. The number of anilines is 1. The van der Waals surface area contributed by atoms with Crippen molar-refractivity contribution in [2.75, 3.05) is 11.1 Å². The SMILES string of the molecule is C[C@H](NC(=O)Cc1csc(SCC(=O)Nc2ccc(F)cc2)n1)c1ccccc1. The number of halogens is 1. The quantitative estimate of drug-likeness (QED) is 0.520. The van der Waals surface area contributed by atoms with E-state index in [1.165, 1.54) is 47.4 Å². The molecule has 3 rings (SSSR count). The van der Waals surface area contributed by atoms with E-state index >= 15 is 0 Å². The van der Waals surface area contributed by atoms with Gasteiger partial charge in [0.25, 0.3) is 0 Å². The van der Waals surface area contributed by atoms with Crippen molar-refractivity contribution in [2.45, 2.75) is 23.7 Å². The lowest BCUT2D eigenvalue weighted by Crippen LogP contribution is -2.28. The lowest BCUT2D eigenvalue weighted by Gasteiger charge is -2.13. The maximum atomic E-state index is 12.9. The van der Waals surface area contributed by atoms with Crippen LogP contribution in [0.5, 0.6) is 0 Å². The van der Waals surface area contributed by atoms with Crippen LogP contribution in [0.4, 0.5) is 10.1 Å². The van der Waals surface area contributed by atoms with Crippen LogP contribution in [0.2, 0.25) is 0 Å². The van der Waals surface area contributed by atoms with E-state index in [1.807, 2.05) is 42.6 Å². The molecule has 150 valence electrons. The van der Waals surface area contributed by atoms with E-state index in [9.17, 15) is 14.0 Å². The predicted octanol–water partition coefficient (Wildman–Crippen LogP) is 4.43. The molecule has 8 heteroatoms. The Morgan fingerprint density at radius 1 is 1.10 bits per heavy atom. The Hall–Kier alpha value is -2.71. The van der Waals surface area contributed by atoms with Crippen molar-refractivity contribution in [3.63, 3.8) is 0 Å². The third kappa shape index (κ3) is 6.69. The number of aromatic nitrogens is 1. The molecule has 1 aromatic heterocycles. The summed E-state index contributed by atoms with van der Waals surface area (Å²) in [5, 5.41) is 7.49. The minimum atomic E-state index is -0.352. The van der Waals surface area contributed by atoms with Gasteiger partial charge in [0.05, 0.1) is 23.9 Å². The Bertz CT molecular complexity index is 962. The van der Waals surface area contributed by atoms with E-state index in [-0.39, 0.29) is 35.8 Å². The zero-order valence-corrected chi connectivity index (χ0v) is 17.4. The molecular weight excluding hydrogens is 409 g/mol. The van der Waals surface area contributed by atoms with Gasteiger partial charge in [0.1, 0.15) is 5.82 Å². The standard InChI is InChI=1S/C21H20FN3O2S2/c1-14(15-5-3-2-4-6-15)23-19(26)11-18-12-28-21(25-18)29-13-20(27)24-17-9-7-16(22)8-10-17/h2-10,12,14H,11,13H2,1H3,(H,23,26)(H,24,27)/t14-/m0/s1. The Labute approximate surface area is 176 Å². The number of hydrogen-bond acceptors (Lipinski definition) is 5. The summed E-state index contributed by atoms with van der Waals surface area (Å²) in [6, 6.07) is 15.3. The number of hydrogen-bond donors (Lipinski definition) is 2. The highest BCUT2D eigenvalue weighted by Crippen LogP contribution is 2.23. The monoisotopic (exact) mass is 429 g/mol. The number of amides is 2. The zero-order valence-electron chi connectivity index (χ0n) is 15.7. The molecule has 0 spiro atoms. The number of thioether (sulfide) groups is 1. The van der Waals surface area contributed by atoms with Crippen molar-refractivity contribution in [3.05, 3.63) is 77.1 Å². The van der Waals surface area contributed by atoms with Gasteiger partial charge >= 0.3 is 0 Å². The van der Waals surface area contributed by atoms with Gasteiger partial charge in [-0.25, -0.2) is 9.37 Å². The number of nitrogens with one attached hydrogen (secondary N) is 2. The van der Waals surface area contributed by atoms with E-state index in [4.69, 9.17) is 0 Å². The normalized spacial score (nSPS) is 11.7. The number of thiazole rings is 1. The molecule has 0 saturated heterocycles. The number of nitrogens with zero attached hydrogens (tertiary/aromatic N) is 1. The molecule has 2 amide bonds. The molecular formula is C21H20FN3O2S2. The van der Waals surface area contributed by atoms with Crippen molar-refractivity contribution in [2.24, 2.45) is 0 Å². The molecule has 1 atom stereocenters. The summed E-state index contributed by atoms with van der Waals surface area (Å²) in [5.41, 5.74) is 2.26. The lowest BCUT2D eigenvalue weighted by atomic mass is 10.1. The molecule has 0 aliphatic heterocycles. The van der Waals surface area contributed by atoms with Crippen LogP contribution < -0.4 is 10.6 Å². The summed E-state index contributed by atoms with van der Waals surface area (Å²) in [5.74, 6) is -0.471. The average molecular weight is 430 g/mol. The molecule has 0 radical (unpaired) electrons. The lowest BCUT2D eigenvalue weighted by molar-refractivity contribution is -0.121. The molecule has 2 N–H and O–H groups in total. The Balaban J connectivity index is 1.44. The molecule has 1 heterocycles. The van der Waals surface area contributed by atoms with Crippen LogP contribution >= 0.6 is 23.1 Å². The minimum absolute atomic E-state index is 0.0775. The van der Waals surface area contributed by atoms with Crippen LogP contribution in [0.1, 0.15) is 24.2 Å². The maximum absolute atomic E-state index is 12.9. The highest BCUT2D eigenvalue weighted by molar-refractivity contribution is 8.01. The smallest absolute Gasteiger partial charge is 0.234 e. The first-order valence-corrected chi connectivity index (χ1v) is 10.8. The number of carbonyl (C=O) groups excluding carboxylic acids is 2. The Kier molecular flexibility index (Phi) is 7.37. The topological polar surface area (TPSA) is 71.1 Å². The van der Waals surface area contributed by atoms with Gasteiger partial charge < -0.3 is 10.6 Å². The summed E-state index contributed by atoms with van der Waals surface area (Å²) in [7, 11) is 0. The molecule has 3 aromatic rings. The summed E-state index contributed by atoms with van der Waals surface area (Å²) in [4.78, 5) is 28.7. The molecule has 0 unspecified atom stereocenters. The van der Waals surface area contributed by atoms with Crippen molar-refractivity contribution in [3.8, 4) is 0 Å². The van der Waals surface area contributed by atoms with E-state index in [1.54, 1.807) is 0 Å². The second kappa shape index (κ2) is 10.2. The van der Waals surface area contributed by atoms with Crippen LogP contribution in [0.3, 0.4) is 0 Å². The highest BCUT2D eigenvalue weighted by Gasteiger charge is 2.13. The van der Waals surface area contributed by atoms with Crippen LogP contribution in [0, 0.1) is 5.82 Å². The summed E-state index contributed by atoms with van der Waals surface area (Å²) in [6.07, 6.45) is 0.190. The van der Waals surface area contributed by atoms with E-state index < -0.39 is 0 Å². The Morgan fingerprint density at radius 3 is 2.55 bits per heavy atom. The summed E-state index contributed by atoms with van der Waals surface area (Å²) < 4.78 is 13.6. The number of carbonyl (C=O) groups is 2. The third-order valence-electron chi connectivity index (χ3n) is 4.00. The molecule has 29 heavy (non-hydrogen) atoms. The van der Waals surface area contributed by atoms with Crippen molar-refractivity contribution >= 4 is 40.6 Å². The fourth-order valence-corrected chi connectivity index (χ4v) is 4.22. The molecule has 5 nitrogen and oxygen atoms in total. The van der Waals surface area contributed by atoms with Gasteiger partial charge in [0.15, 0.2) is 4.34 Å². The Morgan fingerprint density at radius 2 is 1.83 bits per heavy atom. The largest absolute Gasteiger partial charge is 0.349 e. The molecule has 0 aliphatic rings. The summed E-state index contributed by atoms with van der Waals surface area (Å²) >= 11 is 2.70. The predicted molar refractivity (Wildman–Crippen MR) is 115 cm³/mol. The van der Waals surface area contributed by atoms with E-state index in [0.717, 1.165) is 9.90 Å². The van der Waals surface area contributed by atoms with Crippen LogP contribution in [-0.2, 0) is 16.0 Å². The molecule has 0 bridgehead atoms. The minimum Gasteiger partial charge on any atom is -0.349 e. The first-order chi connectivity index (χ1) is 14.0. The first kappa shape index (κ1) is 21.0. The van der Waals surface area contributed by atoms with Crippen LogP contribution in [0.15, 0.2) is 64.3 Å². The van der Waals surface area contributed by atoms with Crippen molar-refractivity contribution in [1.82, 2.24) is 10.3 Å². The highest BCUT2D eigenvalue weighted by atomic mass is 32.2. The van der Waals surface area contributed by atoms with Gasteiger partial charge in [-0.1, -0.05) is 42.1 Å². The average Bonchev–Trinajstić information content (AvgIpc) is 3.16. The molecule has 0 fully saturated rings. The van der Waals surface area contributed by atoms with E-state index in [2.05, 4.69) is 15.6 Å². The second-order valence-corrected chi connectivity index (χ2v) is 8.41. The number of benzene rings is 2. The zero-order chi connectivity index (χ0) is 20.6. The maximum Gasteiger partial charge on any atom is 0.234 e. The molecule has 0 aliphatic carbocycles. The van der Waals surface area contributed by atoms with Crippen molar-refractivity contribution in [1.29, 1.82) is 0 Å². The van der Waals surface area contributed by atoms with Crippen LogP contribution in [-0.4, -0.2) is 22.6 Å². The first-order valence-electron chi connectivity index (χ1n) is 8.96. The second-order valence-electron chi connectivity index (χ2n) is 6.33. The van der Waals surface area contributed by atoms with Gasteiger partial charge in [0.2, 0.25) is 11.8 Å².